The van der Waals surface area contributed by atoms with Crippen molar-refractivity contribution in [1.29, 1.82) is 0 Å². The second-order valence-corrected chi connectivity index (χ2v) is 8.57. The monoisotopic (exact) mass is 504 g/mol. The van der Waals surface area contributed by atoms with Gasteiger partial charge >= 0.3 is 0 Å². The molecule has 3 rings (SSSR count). The van der Waals surface area contributed by atoms with Gasteiger partial charge in [-0.1, -0.05) is 6.92 Å². The maximum atomic E-state index is 4.82. The van der Waals surface area contributed by atoms with Crippen molar-refractivity contribution in [3.8, 4) is 0 Å². The summed E-state index contributed by atoms with van der Waals surface area (Å²) < 4.78 is 0. The molecule has 7 heteroatoms. The van der Waals surface area contributed by atoms with Crippen LogP contribution in [0.2, 0.25) is 0 Å². The Labute approximate surface area is 182 Å². The van der Waals surface area contributed by atoms with E-state index in [0.717, 1.165) is 31.9 Å². The van der Waals surface area contributed by atoms with Crippen LogP contribution in [0.4, 0.5) is 0 Å². The summed E-state index contributed by atoms with van der Waals surface area (Å²) in [6.45, 7) is 4.07. The highest BCUT2D eigenvalue weighted by molar-refractivity contribution is 14.0. The Morgan fingerprint density at radius 1 is 1.31 bits per heavy atom. The van der Waals surface area contributed by atoms with E-state index in [4.69, 9.17) is 4.98 Å². The number of fused-ring (bicyclic) bond motifs is 1. The third-order valence-electron chi connectivity index (χ3n) is 4.66. The maximum Gasteiger partial charge on any atom is 0.190 e. The fourth-order valence-corrected chi connectivity index (χ4v) is 5.08. The molecule has 144 valence electrons. The molecule has 1 aliphatic rings. The average molecular weight is 505 g/mol. The fraction of sp³-hybridized carbons (Fsp3) is 0.579. The normalized spacial score (nSPS) is 15.1. The lowest BCUT2D eigenvalue weighted by atomic mass is 10.0. The summed E-state index contributed by atoms with van der Waals surface area (Å²) in [5, 5.41) is 12.5. The van der Waals surface area contributed by atoms with Crippen LogP contribution in [-0.2, 0) is 19.3 Å². The molecule has 4 nitrogen and oxygen atoms in total. The van der Waals surface area contributed by atoms with Gasteiger partial charge in [0, 0.05) is 31.4 Å². The van der Waals surface area contributed by atoms with E-state index >= 15 is 0 Å². The summed E-state index contributed by atoms with van der Waals surface area (Å²) in [6, 6.07) is 2.20. The largest absolute Gasteiger partial charge is 0.356 e. The van der Waals surface area contributed by atoms with Gasteiger partial charge in [0.25, 0.3) is 0 Å². The first kappa shape index (κ1) is 21.6. The van der Waals surface area contributed by atoms with Crippen LogP contribution in [0.15, 0.2) is 21.8 Å². The number of hydrogen-bond acceptors (Lipinski definition) is 4. The number of aryl methyl sites for hydroxylation is 3. The van der Waals surface area contributed by atoms with Gasteiger partial charge in [-0.15, -0.1) is 35.3 Å². The van der Waals surface area contributed by atoms with Gasteiger partial charge in [0.2, 0.25) is 0 Å². The van der Waals surface area contributed by atoms with Gasteiger partial charge < -0.3 is 10.6 Å². The zero-order chi connectivity index (χ0) is 17.5. The van der Waals surface area contributed by atoms with Gasteiger partial charge in [-0.3, -0.25) is 4.99 Å². The van der Waals surface area contributed by atoms with Crippen molar-refractivity contribution in [2.75, 3.05) is 20.1 Å². The molecule has 0 fully saturated rings. The molecule has 2 aromatic heterocycles. The number of thiophene rings is 1. The molecule has 0 aliphatic heterocycles. The second-order valence-electron chi connectivity index (χ2n) is 6.63. The number of thiazole rings is 1. The number of guanidine groups is 1. The highest BCUT2D eigenvalue weighted by atomic mass is 127. The number of rotatable bonds is 7. The molecule has 2 N–H and O–H groups in total. The average Bonchev–Trinajstić information content (AvgIpc) is 3.30. The van der Waals surface area contributed by atoms with Gasteiger partial charge in [0.05, 0.1) is 10.7 Å². The van der Waals surface area contributed by atoms with Crippen LogP contribution in [0.1, 0.15) is 53.2 Å². The second kappa shape index (κ2) is 11.2. The molecular weight excluding hydrogens is 475 g/mol. The van der Waals surface area contributed by atoms with Crippen LogP contribution in [0.3, 0.4) is 0 Å². The molecule has 0 saturated heterocycles. The summed E-state index contributed by atoms with van der Waals surface area (Å²) in [5.41, 5.74) is 2.76. The Hall–Kier alpha value is -0.670. The molecule has 0 spiro atoms. The first-order chi connectivity index (χ1) is 12.3. The molecule has 1 unspecified atom stereocenters. The van der Waals surface area contributed by atoms with Crippen LogP contribution < -0.4 is 10.6 Å². The molecule has 2 heterocycles. The van der Waals surface area contributed by atoms with Crippen molar-refractivity contribution in [3.63, 3.8) is 0 Å². The highest BCUT2D eigenvalue weighted by Gasteiger charge is 2.14. The number of nitrogens with zero attached hydrogens (tertiary/aromatic N) is 2. The van der Waals surface area contributed by atoms with Crippen LogP contribution in [0.5, 0.6) is 0 Å². The Morgan fingerprint density at radius 3 is 2.88 bits per heavy atom. The number of halogens is 1. The van der Waals surface area contributed by atoms with E-state index in [2.05, 4.69) is 39.4 Å². The molecule has 0 amide bonds. The molecule has 26 heavy (non-hydrogen) atoms. The van der Waals surface area contributed by atoms with Gasteiger partial charge in [0.15, 0.2) is 5.96 Å². The SMILES string of the molecule is CN=C(NCCCc1nc2c(s1)CCCC2)NCC(C)c1ccsc1.I. The van der Waals surface area contributed by atoms with E-state index in [1.54, 1.807) is 11.3 Å². The Bertz CT molecular complexity index is 658. The van der Waals surface area contributed by atoms with Crippen LogP contribution in [0, 0.1) is 0 Å². The Morgan fingerprint density at radius 2 is 2.15 bits per heavy atom. The minimum atomic E-state index is 0. The molecule has 0 bridgehead atoms. The van der Waals surface area contributed by atoms with Gasteiger partial charge in [-0.05, 0) is 60.4 Å². The quantitative estimate of drug-likeness (QED) is 0.251. The van der Waals surface area contributed by atoms with E-state index < -0.39 is 0 Å². The summed E-state index contributed by atoms with van der Waals surface area (Å²) in [4.78, 5) is 10.7. The van der Waals surface area contributed by atoms with Crippen LogP contribution >= 0.6 is 46.7 Å². The van der Waals surface area contributed by atoms with Gasteiger partial charge in [-0.25, -0.2) is 4.98 Å². The first-order valence-corrected chi connectivity index (χ1v) is 11.0. The van der Waals surface area contributed by atoms with E-state index in [0.29, 0.717) is 5.92 Å². The minimum Gasteiger partial charge on any atom is -0.356 e. The Kier molecular flexibility index (Phi) is 9.35. The summed E-state index contributed by atoms with van der Waals surface area (Å²) in [6.07, 6.45) is 7.22. The molecule has 1 atom stereocenters. The Balaban J connectivity index is 0.00000243. The van der Waals surface area contributed by atoms with Crippen LogP contribution in [0.25, 0.3) is 0 Å². The van der Waals surface area contributed by atoms with E-state index in [9.17, 15) is 0 Å². The van der Waals surface area contributed by atoms with Crippen molar-refractivity contribution >= 4 is 52.6 Å². The first-order valence-electron chi connectivity index (χ1n) is 9.20. The van der Waals surface area contributed by atoms with Crippen molar-refractivity contribution in [2.24, 2.45) is 4.99 Å². The number of nitrogens with one attached hydrogen (secondary N) is 2. The van der Waals surface area contributed by atoms with E-state index in [-0.39, 0.29) is 24.0 Å². The maximum absolute atomic E-state index is 4.82. The number of aromatic nitrogens is 1. The lowest BCUT2D eigenvalue weighted by Crippen LogP contribution is -2.39. The lowest BCUT2D eigenvalue weighted by Gasteiger charge is -2.15. The number of aliphatic imine (C=N–C) groups is 1. The molecule has 0 aromatic carbocycles. The van der Waals surface area contributed by atoms with Gasteiger partial charge in [0.1, 0.15) is 0 Å². The fourth-order valence-electron chi connectivity index (χ4n) is 3.10. The summed E-state index contributed by atoms with van der Waals surface area (Å²) in [5.74, 6) is 1.38. The zero-order valence-corrected chi connectivity index (χ0v) is 19.5. The predicted molar refractivity (Wildman–Crippen MR) is 125 cm³/mol. The predicted octanol–water partition coefficient (Wildman–Crippen LogP) is 4.60. The third-order valence-corrected chi connectivity index (χ3v) is 6.58. The minimum absolute atomic E-state index is 0. The van der Waals surface area contributed by atoms with Crippen molar-refractivity contribution in [3.05, 3.63) is 38.0 Å². The lowest BCUT2D eigenvalue weighted by molar-refractivity contribution is 0.676. The van der Waals surface area contributed by atoms with Crippen LogP contribution in [-0.4, -0.2) is 31.1 Å². The van der Waals surface area contributed by atoms with E-state index in [1.807, 2.05) is 18.4 Å². The summed E-state index contributed by atoms with van der Waals surface area (Å²) >= 11 is 3.68. The zero-order valence-electron chi connectivity index (χ0n) is 15.6. The molecule has 1 aliphatic carbocycles. The smallest absolute Gasteiger partial charge is 0.190 e. The standard InChI is InChI=1S/C19H28N4S2.HI/c1-14(15-9-11-24-13-15)12-22-19(20-2)21-10-5-8-18-23-16-6-3-4-7-17(16)25-18;/h9,11,13-14H,3-8,10,12H2,1-2H3,(H2,20,21,22);1H. The van der Waals surface area contributed by atoms with Crippen molar-refractivity contribution in [2.45, 2.75) is 51.4 Å². The molecule has 0 saturated carbocycles. The van der Waals surface area contributed by atoms with Gasteiger partial charge in [-0.2, -0.15) is 11.3 Å². The summed E-state index contributed by atoms with van der Waals surface area (Å²) in [7, 11) is 1.83. The molecule has 2 aromatic rings. The van der Waals surface area contributed by atoms with Crippen molar-refractivity contribution < 1.29 is 0 Å². The van der Waals surface area contributed by atoms with Crippen molar-refractivity contribution in [1.82, 2.24) is 15.6 Å². The third kappa shape index (κ3) is 6.20. The molecular formula is C19H29IN4S2. The molecule has 0 radical (unpaired) electrons. The highest BCUT2D eigenvalue weighted by Crippen LogP contribution is 2.27. The number of hydrogen-bond donors (Lipinski definition) is 2. The topological polar surface area (TPSA) is 49.3 Å². The van der Waals surface area contributed by atoms with E-state index in [1.165, 1.54) is 46.8 Å².